The number of rotatable bonds is 6. The Morgan fingerprint density at radius 2 is 1.88 bits per heavy atom. The van der Waals surface area contributed by atoms with E-state index in [1.165, 1.54) is 30.0 Å². The van der Waals surface area contributed by atoms with Gasteiger partial charge in [-0.15, -0.1) is 0 Å². The molecule has 2 aliphatic rings. The van der Waals surface area contributed by atoms with Crippen LogP contribution in [0.5, 0.6) is 0 Å². The van der Waals surface area contributed by atoms with Crippen LogP contribution < -0.4 is 10.6 Å². The van der Waals surface area contributed by atoms with Gasteiger partial charge in [-0.2, -0.15) is 0 Å². The van der Waals surface area contributed by atoms with Crippen LogP contribution in [0.4, 0.5) is 0 Å². The van der Waals surface area contributed by atoms with Crippen molar-refractivity contribution in [3.8, 4) is 0 Å². The van der Waals surface area contributed by atoms with Crippen LogP contribution in [0.25, 0.3) is 0 Å². The lowest BCUT2D eigenvalue weighted by Crippen LogP contribution is -2.58. The van der Waals surface area contributed by atoms with Gasteiger partial charge in [0.2, 0.25) is 11.8 Å². The molecule has 1 aliphatic heterocycles. The molecule has 0 bridgehead atoms. The first-order chi connectivity index (χ1) is 12.6. The lowest BCUT2D eigenvalue weighted by molar-refractivity contribution is -0.124. The zero-order chi connectivity index (χ0) is 18.4. The van der Waals surface area contributed by atoms with Gasteiger partial charge in [-0.3, -0.25) is 9.59 Å². The Hall–Kier alpha value is -2.14. The fourth-order valence-corrected chi connectivity index (χ4v) is 3.86. The quantitative estimate of drug-likeness (QED) is 0.767. The molecule has 0 saturated carbocycles. The Bertz CT molecular complexity index is 678. The average Bonchev–Trinajstić information content (AvgIpc) is 2.66. The van der Waals surface area contributed by atoms with Crippen molar-refractivity contribution >= 4 is 11.8 Å². The lowest BCUT2D eigenvalue weighted by atomic mass is 9.88. The van der Waals surface area contributed by atoms with Crippen molar-refractivity contribution < 1.29 is 14.3 Å². The maximum atomic E-state index is 12.7. The molecular weight excluding hydrogens is 328 g/mol. The first-order valence-electron chi connectivity index (χ1n) is 9.50. The molecule has 1 aromatic carbocycles. The Kier molecular flexibility index (Phi) is 6.09. The SMILES string of the molecule is C=CC(=O)NCC1(NC(=O)Cc2ccc3c(c2)CCCC3)CCOCC1. The van der Waals surface area contributed by atoms with E-state index in [4.69, 9.17) is 4.74 Å². The minimum Gasteiger partial charge on any atom is -0.381 e. The molecule has 1 aromatic rings. The summed E-state index contributed by atoms with van der Waals surface area (Å²) in [5.74, 6) is -0.227. The topological polar surface area (TPSA) is 67.4 Å². The number of fused-ring (bicyclic) bond motifs is 1. The molecule has 1 heterocycles. The second-order valence-corrected chi connectivity index (χ2v) is 7.35. The van der Waals surface area contributed by atoms with Gasteiger partial charge in [-0.25, -0.2) is 0 Å². The summed E-state index contributed by atoms with van der Waals surface area (Å²) in [4.78, 5) is 24.2. The predicted octanol–water partition coefficient (Wildman–Crippen LogP) is 2.08. The molecule has 2 amide bonds. The molecule has 1 fully saturated rings. The van der Waals surface area contributed by atoms with Gasteiger partial charge >= 0.3 is 0 Å². The van der Waals surface area contributed by atoms with Crippen molar-refractivity contribution in [2.75, 3.05) is 19.8 Å². The molecule has 5 nitrogen and oxygen atoms in total. The maximum Gasteiger partial charge on any atom is 0.243 e. The minimum absolute atomic E-state index is 0.00416. The monoisotopic (exact) mass is 356 g/mol. The van der Waals surface area contributed by atoms with Crippen LogP contribution in [0.3, 0.4) is 0 Å². The van der Waals surface area contributed by atoms with Gasteiger partial charge in [0.05, 0.1) is 12.0 Å². The van der Waals surface area contributed by atoms with E-state index in [-0.39, 0.29) is 11.8 Å². The first-order valence-corrected chi connectivity index (χ1v) is 9.50. The molecule has 2 N–H and O–H groups in total. The minimum atomic E-state index is -0.442. The molecule has 0 atom stereocenters. The van der Waals surface area contributed by atoms with Gasteiger partial charge in [0.25, 0.3) is 0 Å². The molecule has 26 heavy (non-hydrogen) atoms. The van der Waals surface area contributed by atoms with Gasteiger partial charge in [0.1, 0.15) is 0 Å². The molecule has 3 rings (SSSR count). The van der Waals surface area contributed by atoms with E-state index in [1.54, 1.807) is 0 Å². The van der Waals surface area contributed by atoms with Crippen molar-refractivity contribution in [2.45, 2.75) is 50.5 Å². The molecule has 0 spiro atoms. The zero-order valence-electron chi connectivity index (χ0n) is 15.3. The molecule has 0 radical (unpaired) electrons. The summed E-state index contributed by atoms with van der Waals surface area (Å²) in [5.41, 5.74) is 3.43. The number of carbonyl (C=O) groups is 2. The second-order valence-electron chi connectivity index (χ2n) is 7.35. The largest absolute Gasteiger partial charge is 0.381 e. The summed E-state index contributed by atoms with van der Waals surface area (Å²) in [5, 5.41) is 6.00. The lowest BCUT2D eigenvalue weighted by Gasteiger charge is -2.38. The zero-order valence-corrected chi connectivity index (χ0v) is 15.3. The Morgan fingerprint density at radius 1 is 1.15 bits per heavy atom. The maximum absolute atomic E-state index is 12.7. The van der Waals surface area contributed by atoms with Crippen LogP contribution in [-0.4, -0.2) is 37.1 Å². The second kappa shape index (κ2) is 8.49. The third kappa shape index (κ3) is 4.73. The fourth-order valence-electron chi connectivity index (χ4n) is 3.86. The van der Waals surface area contributed by atoms with Crippen molar-refractivity contribution in [3.05, 3.63) is 47.5 Å². The highest BCUT2D eigenvalue weighted by molar-refractivity contribution is 5.87. The van der Waals surface area contributed by atoms with Crippen LogP contribution >= 0.6 is 0 Å². The van der Waals surface area contributed by atoms with E-state index < -0.39 is 5.54 Å². The van der Waals surface area contributed by atoms with E-state index in [1.807, 2.05) is 0 Å². The Balaban J connectivity index is 1.63. The third-order valence-corrected chi connectivity index (χ3v) is 5.42. The molecule has 0 aromatic heterocycles. The summed E-state index contributed by atoms with van der Waals surface area (Å²) >= 11 is 0. The average molecular weight is 356 g/mol. The highest BCUT2D eigenvalue weighted by Gasteiger charge is 2.34. The van der Waals surface area contributed by atoms with Gasteiger partial charge in [-0.05, 0) is 61.3 Å². The van der Waals surface area contributed by atoms with Crippen LogP contribution in [0.1, 0.15) is 42.4 Å². The summed E-state index contributed by atoms with van der Waals surface area (Å²) in [6.45, 7) is 5.05. The Labute approximate surface area is 155 Å². The van der Waals surface area contributed by atoms with Crippen molar-refractivity contribution in [1.82, 2.24) is 10.6 Å². The third-order valence-electron chi connectivity index (χ3n) is 5.42. The number of hydrogen-bond donors (Lipinski definition) is 2. The number of carbonyl (C=O) groups excluding carboxylic acids is 2. The normalized spacial score (nSPS) is 18.5. The summed E-state index contributed by atoms with van der Waals surface area (Å²) in [6, 6.07) is 6.43. The summed E-state index contributed by atoms with van der Waals surface area (Å²) in [7, 11) is 0. The fraction of sp³-hybridized carbons (Fsp3) is 0.524. The molecule has 1 saturated heterocycles. The highest BCUT2D eigenvalue weighted by atomic mass is 16.5. The summed E-state index contributed by atoms with van der Waals surface area (Å²) in [6.07, 6.45) is 7.75. The number of ether oxygens (including phenoxy) is 1. The standard InChI is InChI=1S/C21H28N2O3/c1-2-19(24)22-15-21(9-11-26-12-10-21)23-20(25)14-16-7-8-17-5-3-4-6-18(17)13-16/h2,7-8,13H,1,3-6,9-12,14-15H2,(H,22,24)(H,23,25). The van der Waals surface area contributed by atoms with Gasteiger partial charge in [0.15, 0.2) is 0 Å². The number of amides is 2. The predicted molar refractivity (Wildman–Crippen MR) is 101 cm³/mol. The number of aryl methyl sites for hydroxylation is 2. The molecule has 0 unspecified atom stereocenters. The van der Waals surface area contributed by atoms with Crippen LogP contribution in [0.2, 0.25) is 0 Å². The molecule has 5 heteroatoms. The van der Waals surface area contributed by atoms with Crippen LogP contribution in [0.15, 0.2) is 30.9 Å². The Morgan fingerprint density at radius 3 is 2.62 bits per heavy atom. The number of nitrogens with one attached hydrogen (secondary N) is 2. The van der Waals surface area contributed by atoms with Gasteiger partial charge < -0.3 is 15.4 Å². The van der Waals surface area contributed by atoms with Crippen molar-refractivity contribution in [2.24, 2.45) is 0 Å². The van der Waals surface area contributed by atoms with Crippen molar-refractivity contribution in [1.29, 1.82) is 0 Å². The smallest absolute Gasteiger partial charge is 0.243 e. The van der Waals surface area contributed by atoms with E-state index >= 15 is 0 Å². The van der Waals surface area contributed by atoms with E-state index in [0.717, 1.165) is 18.4 Å². The first kappa shape index (κ1) is 18.6. The van der Waals surface area contributed by atoms with Gasteiger partial charge in [0, 0.05) is 19.8 Å². The molecule has 1 aliphatic carbocycles. The molecule has 140 valence electrons. The van der Waals surface area contributed by atoms with Crippen LogP contribution in [0, 0.1) is 0 Å². The number of hydrogen-bond acceptors (Lipinski definition) is 3. The van der Waals surface area contributed by atoms with Crippen LogP contribution in [-0.2, 0) is 33.6 Å². The number of benzene rings is 1. The van der Waals surface area contributed by atoms with E-state index in [0.29, 0.717) is 39.0 Å². The molecular formula is C21H28N2O3. The van der Waals surface area contributed by atoms with E-state index in [9.17, 15) is 9.59 Å². The van der Waals surface area contributed by atoms with E-state index in [2.05, 4.69) is 35.4 Å². The van der Waals surface area contributed by atoms with Gasteiger partial charge in [-0.1, -0.05) is 24.8 Å². The highest BCUT2D eigenvalue weighted by Crippen LogP contribution is 2.23. The summed E-state index contributed by atoms with van der Waals surface area (Å²) < 4.78 is 5.44. The van der Waals surface area contributed by atoms with Crippen molar-refractivity contribution in [3.63, 3.8) is 0 Å².